The van der Waals surface area contributed by atoms with Gasteiger partial charge in [-0.3, -0.25) is 0 Å². The molecule has 0 saturated heterocycles. The zero-order valence-corrected chi connectivity index (χ0v) is 11.4. The van der Waals surface area contributed by atoms with Crippen LogP contribution in [0.4, 0.5) is 0 Å². The first-order chi connectivity index (χ1) is 8.18. The van der Waals surface area contributed by atoms with Gasteiger partial charge in [0.05, 0.1) is 6.54 Å². The van der Waals surface area contributed by atoms with Crippen molar-refractivity contribution in [2.75, 3.05) is 6.54 Å². The largest absolute Gasteiger partial charge is 0.334 e. The number of imidazole rings is 1. The van der Waals surface area contributed by atoms with Gasteiger partial charge < -0.3 is 9.88 Å². The van der Waals surface area contributed by atoms with Crippen LogP contribution in [0.3, 0.4) is 0 Å². The van der Waals surface area contributed by atoms with Crippen molar-refractivity contribution < 1.29 is 0 Å². The number of nitrogens with zero attached hydrogens (tertiary/aromatic N) is 2. The van der Waals surface area contributed by atoms with Crippen LogP contribution in [0.5, 0.6) is 0 Å². The molecule has 1 fully saturated rings. The van der Waals surface area contributed by atoms with Crippen LogP contribution in [0.2, 0.25) is 0 Å². The van der Waals surface area contributed by atoms with E-state index in [1.165, 1.54) is 25.1 Å². The first kappa shape index (κ1) is 12.6. The molecule has 1 N–H and O–H groups in total. The lowest BCUT2D eigenvalue weighted by molar-refractivity contribution is 0.335. The summed E-state index contributed by atoms with van der Waals surface area (Å²) in [5.41, 5.74) is 0.585. The van der Waals surface area contributed by atoms with Crippen LogP contribution in [-0.2, 0) is 13.1 Å². The second kappa shape index (κ2) is 5.21. The van der Waals surface area contributed by atoms with Gasteiger partial charge in [-0.25, -0.2) is 4.98 Å². The third-order valence-electron chi connectivity index (χ3n) is 4.14. The molecule has 96 valence electrons. The third-order valence-corrected chi connectivity index (χ3v) is 4.14. The molecule has 1 aromatic rings. The Bertz CT molecular complexity index is 350. The van der Waals surface area contributed by atoms with E-state index in [1.54, 1.807) is 0 Å². The molecule has 1 aliphatic carbocycles. The Morgan fingerprint density at radius 2 is 2.24 bits per heavy atom. The van der Waals surface area contributed by atoms with Crippen molar-refractivity contribution in [3.63, 3.8) is 0 Å². The summed E-state index contributed by atoms with van der Waals surface area (Å²) in [6.45, 7) is 10.0. The van der Waals surface area contributed by atoms with E-state index < -0.39 is 0 Å². The fraction of sp³-hybridized carbons (Fsp3) is 0.786. The first-order valence-electron chi connectivity index (χ1n) is 6.88. The second-order valence-electron chi connectivity index (χ2n) is 5.66. The van der Waals surface area contributed by atoms with Gasteiger partial charge in [-0.1, -0.05) is 20.8 Å². The molecule has 1 saturated carbocycles. The van der Waals surface area contributed by atoms with Gasteiger partial charge in [0, 0.05) is 25.5 Å². The van der Waals surface area contributed by atoms with Gasteiger partial charge in [-0.05, 0) is 30.6 Å². The molecule has 0 atom stereocenters. The van der Waals surface area contributed by atoms with E-state index in [0.29, 0.717) is 5.41 Å². The lowest BCUT2D eigenvalue weighted by Gasteiger charge is -2.20. The molecule has 1 aromatic heterocycles. The summed E-state index contributed by atoms with van der Waals surface area (Å²) >= 11 is 0. The molecule has 0 radical (unpaired) electrons. The summed E-state index contributed by atoms with van der Waals surface area (Å²) in [6, 6.07) is 0. The fourth-order valence-electron chi connectivity index (χ4n) is 2.49. The van der Waals surface area contributed by atoms with E-state index in [1.807, 2.05) is 6.20 Å². The van der Waals surface area contributed by atoms with Gasteiger partial charge in [-0.15, -0.1) is 0 Å². The lowest BCUT2D eigenvalue weighted by Crippen LogP contribution is -2.28. The Morgan fingerprint density at radius 3 is 2.82 bits per heavy atom. The maximum absolute atomic E-state index is 4.42. The molecule has 1 aliphatic rings. The Kier molecular flexibility index (Phi) is 3.87. The van der Waals surface area contributed by atoms with E-state index >= 15 is 0 Å². The van der Waals surface area contributed by atoms with Crippen LogP contribution in [0, 0.1) is 11.3 Å². The first-order valence-corrected chi connectivity index (χ1v) is 6.88. The number of aryl methyl sites for hydroxylation is 1. The predicted octanol–water partition coefficient (Wildman–Crippen LogP) is 2.82. The molecular weight excluding hydrogens is 210 g/mol. The van der Waals surface area contributed by atoms with Crippen LogP contribution in [0.15, 0.2) is 12.4 Å². The highest BCUT2D eigenvalue weighted by Crippen LogP contribution is 2.51. The molecule has 0 bridgehead atoms. The standard InChI is InChI=1S/C14H25N3/c1-4-8-17-9-7-16-13(17)10-15-11-14(5-6-14)12(2)3/h7,9,12,15H,4-6,8,10-11H2,1-3H3. The topological polar surface area (TPSA) is 29.9 Å². The fourth-order valence-corrected chi connectivity index (χ4v) is 2.49. The summed E-state index contributed by atoms with van der Waals surface area (Å²) < 4.78 is 2.25. The van der Waals surface area contributed by atoms with Gasteiger partial charge in [0.1, 0.15) is 5.82 Å². The van der Waals surface area contributed by atoms with Crippen LogP contribution in [0.25, 0.3) is 0 Å². The minimum absolute atomic E-state index is 0.585. The van der Waals surface area contributed by atoms with Crippen molar-refractivity contribution in [2.45, 2.75) is 53.1 Å². The average Bonchev–Trinajstić information content (AvgIpc) is 2.96. The molecule has 0 aliphatic heterocycles. The zero-order chi connectivity index (χ0) is 12.3. The molecule has 3 nitrogen and oxygen atoms in total. The van der Waals surface area contributed by atoms with Gasteiger partial charge in [0.25, 0.3) is 0 Å². The van der Waals surface area contributed by atoms with E-state index in [2.05, 4.69) is 41.8 Å². The highest BCUT2D eigenvalue weighted by molar-refractivity contribution is 4.98. The maximum atomic E-state index is 4.42. The Balaban J connectivity index is 1.80. The van der Waals surface area contributed by atoms with Gasteiger partial charge in [0.15, 0.2) is 0 Å². The van der Waals surface area contributed by atoms with Gasteiger partial charge >= 0.3 is 0 Å². The minimum Gasteiger partial charge on any atom is -0.334 e. The van der Waals surface area contributed by atoms with Crippen LogP contribution in [-0.4, -0.2) is 16.1 Å². The normalized spacial score (nSPS) is 17.6. The molecule has 0 unspecified atom stereocenters. The van der Waals surface area contributed by atoms with E-state index in [9.17, 15) is 0 Å². The van der Waals surface area contributed by atoms with E-state index in [4.69, 9.17) is 0 Å². The molecule has 0 aromatic carbocycles. The number of aromatic nitrogens is 2. The van der Waals surface area contributed by atoms with Crippen molar-refractivity contribution in [3.05, 3.63) is 18.2 Å². The molecule has 17 heavy (non-hydrogen) atoms. The number of hydrogen-bond donors (Lipinski definition) is 1. The maximum Gasteiger partial charge on any atom is 0.122 e. The number of nitrogens with one attached hydrogen (secondary N) is 1. The SMILES string of the molecule is CCCn1ccnc1CNCC1(C(C)C)CC1. The van der Waals surface area contributed by atoms with Crippen LogP contribution in [0.1, 0.15) is 45.9 Å². The Morgan fingerprint density at radius 1 is 1.47 bits per heavy atom. The second-order valence-corrected chi connectivity index (χ2v) is 5.66. The van der Waals surface area contributed by atoms with E-state index in [0.717, 1.165) is 25.6 Å². The number of rotatable bonds is 7. The summed E-state index contributed by atoms with van der Waals surface area (Å²) in [5, 5.41) is 3.59. The van der Waals surface area contributed by atoms with Gasteiger partial charge in [-0.2, -0.15) is 0 Å². The molecule has 3 heteroatoms. The lowest BCUT2D eigenvalue weighted by atomic mass is 9.92. The molecular formula is C14H25N3. The molecule has 0 spiro atoms. The van der Waals surface area contributed by atoms with Crippen molar-refractivity contribution >= 4 is 0 Å². The highest BCUT2D eigenvalue weighted by atomic mass is 15.1. The molecule has 1 heterocycles. The Labute approximate surface area is 105 Å². The molecule has 0 amide bonds. The van der Waals surface area contributed by atoms with Crippen molar-refractivity contribution in [3.8, 4) is 0 Å². The van der Waals surface area contributed by atoms with Crippen LogP contribution >= 0.6 is 0 Å². The third kappa shape index (κ3) is 2.89. The summed E-state index contributed by atoms with van der Waals surface area (Å²) in [7, 11) is 0. The van der Waals surface area contributed by atoms with Crippen LogP contribution < -0.4 is 5.32 Å². The molecule has 2 rings (SSSR count). The minimum atomic E-state index is 0.585. The Hall–Kier alpha value is -0.830. The number of hydrogen-bond acceptors (Lipinski definition) is 2. The quantitative estimate of drug-likeness (QED) is 0.787. The zero-order valence-electron chi connectivity index (χ0n) is 11.4. The average molecular weight is 235 g/mol. The summed E-state index contributed by atoms with van der Waals surface area (Å²) in [6.07, 6.45) is 7.93. The monoisotopic (exact) mass is 235 g/mol. The smallest absolute Gasteiger partial charge is 0.122 e. The van der Waals surface area contributed by atoms with Crippen molar-refractivity contribution in [1.29, 1.82) is 0 Å². The highest BCUT2D eigenvalue weighted by Gasteiger charge is 2.44. The van der Waals surface area contributed by atoms with Gasteiger partial charge in [0.2, 0.25) is 0 Å². The predicted molar refractivity (Wildman–Crippen MR) is 70.7 cm³/mol. The summed E-state index contributed by atoms with van der Waals surface area (Å²) in [5.74, 6) is 1.97. The van der Waals surface area contributed by atoms with Crippen molar-refractivity contribution in [1.82, 2.24) is 14.9 Å². The van der Waals surface area contributed by atoms with E-state index in [-0.39, 0.29) is 0 Å². The summed E-state index contributed by atoms with van der Waals surface area (Å²) in [4.78, 5) is 4.42. The van der Waals surface area contributed by atoms with Crippen molar-refractivity contribution in [2.24, 2.45) is 11.3 Å².